The molecule has 7 aromatic rings. The quantitative estimate of drug-likeness (QED) is 0.110. The average Bonchev–Trinajstić information content (AvgIpc) is 3.27. The molecule has 2 aliphatic rings. The van der Waals surface area contributed by atoms with Crippen molar-refractivity contribution in [3.63, 3.8) is 0 Å². The molecule has 5 nitrogen and oxygen atoms in total. The molecular weight excluding hydrogens is 683 g/mol. The second-order valence-corrected chi connectivity index (χ2v) is 14.5. The standard InChI is InChI=1S/C51H41N5/c1-34-9-8-14-44-42(21-19-41(50(34)44)33-55-48(40-25-29-54-30-26-40)32-47(52-2)39-23-27-53-28-24-39)36-15-17-37(18-16-36)45-31-49(38-11-4-3-5-12-38)56-46-22-20-35-10-6-7-13-43(35)51(45)46/h3-8,10-18,20,22-32,34H,2,9,19,21,33H2,1H3/b47-32-,55-48?. The predicted octanol–water partition coefficient (Wildman–Crippen LogP) is 12.2. The first kappa shape index (κ1) is 34.9. The highest BCUT2D eigenvalue weighted by atomic mass is 14.8. The van der Waals surface area contributed by atoms with Crippen LogP contribution in [0.2, 0.25) is 0 Å². The SMILES string of the molecule is C=N/C(=C\C(=NCC1=C2C(=C(c3ccc(-c4cc(-c5ccccc5)nc5ccc6ccccc6c45)cc3)CC1)C=CCC2C)c1ccncc1)c1ccncc1. The van der Waals surface area contributed by atoms with Gasteiger partial charge in [-0.15, -0.1) is 0 Å². The smallest absolute Gasteiger partial charge is 0.0722 e. The van der Waals surface area contributed by atoms with Crippen LogP contribution in [-0.4, -0.2) is 33.9 Å². The van der Waals surface area contributed by atoms with Gasteiger partial charge in [-0.1, -0.05) is 104 Å². The minimum Gasteiger partial charge on any atom is -0.280 e. The van der Waals surface area contributed by atoms with E-state index in [0.717, 1.165) is 58.6 Å². The van der Waals surface area contributed by atoms with Crippen LogP contribution < -0.4 is 0 Å². The van der Waals surface area contributed by atoms with Crippen molar-refractivity contribution in [2.24, 2.45) is 15.9 Å². The van der Waals surface area contributed by atoms with Gasteiger partial charge in [-0.2, -0.15) is 0 Å². The van der Waals surface area contributed by atoms with Crippen molar-refractivity contribution in [1.82, 2.24) is 15.0 Å². The van der Waals surface area contributed by atoms with Gasteiger partial charge in [0.15, 0.2) is 0 Å². The number of fused-ring (bicyclic) bond motifs is 4. The number of pyridine rings is 3. The van der Waals surface area contributed by atoms with Crippen molar-refractivity contribution in [1.29, 1.82) is 0 Å². The van der Waals surface area contributed by atoms with E-state index in [2.05, 4.69) is 138 Å². The highest BCUT2D eigenvalue weighted by Gasteiger charge is 2.27. The van der Waals surface area contributed by atoms with Crippen LogP contribution in [0.5, 0.6) is 0 Å². The number of hydrogen-bond donors (Lipinski definition) is 0. The van der Waals surface area contributed by atoms with Crippen molar-refractivity contribution in [2.45, 2.75) is 26.2 Å². The molecule has 0 fully saturated rings. The summed E-state index contributed by atoms with van der Waals surface area (Å²) >= 11 is 0. The molecule has 4 aromatic carbocycles. The summed E-state index contributed by atoms with van der Waals surface area (Å²) in [6, 6.07) is 42.8. The van der Waals surface area contributed by atoms with Crippen LogP contribution >= 0.6 is 0 Å². The molecule has 0 amide bonds. The van der Waals surface area contributed by atoms with Gasteiger partial charge in [-0.25, -0.2) is 4.98 Å². The summed E-state index contributed by atoms with van der Waals surface area (Å²) in [4.78, 5) is 23.2. The van der Waals surface area contributed by atoms with E-state index in [9.17, 15) is 0 Å². The number of aliphatic imine (C=N–C) groups is 2. The summed E-state index contributed by atoms with van der Waals surface area (Å²) in [5, 5.41) is 3.62. The van der Waals surface area contributed by atoms with Crippen molar-refractivity contribution < 1.29 is 0 Å². The Labute approximate surface area is 328 Å². The lowest BCUT2D eigenvalue weighted by molar-refractivity contribution is 0.666. The molecule has 0 bridgehead atoms. The largest absolute Gasteiger partial charge is 0.280 e. The second kappa shape index (κ2) is 15.5. The molecule has 3 heterocycles. The zero-order chi connectivity index (χ0) is 37.8. The van der Waals surface area contributed by atoms with Gasteiger partial charge < -0.3 is 0 Å². The molecule has 1 unspecified atom stereocenters. The molecule has 0 aliphatic heterocycles. The van der Waals surface area contributed by atoms with Gasteiger partial charge in [0.1, 0.15) is 0 Å². The lowest BCUT2D eigenvalue weighted by Crippen LogP contribution is -2.16. The second-order valence-electron chi connectivity index (χ2n) is 14.5. The van der Waals surface area contributed by atoms with Crippen molar-refractivity contribution in [3.8, 4) is 22.4 Å². The minimum atomic E-state index is 0.407. The normalized spacial score (nSPS) is 16.1. The van der Waals surface area contributed by atoms with Gasteiger partial charge in [-0.3, -0.25) is 20.0 Å². The summed E-state index contributed by atoms with van der Waals surface area (Å²) in [5.74, 6) is 0.407. The molecule has 2 aliphatic carbocycles. The number of nitrogens with zero attached hydrogens (tertiary/aromatic N) is 5. The van der Waals surface area contributed by atoms with Gasteiger partial charge >= 0.3 is 0 Å². The van der Waals surface area contributed by atoms with Gasteiger partial charge in [0.2, 0.25) is 0 Å². The van der Waals surface area contributed by atoms with Crippen LogP contribution in [0, 0.1) is 5.92 Å². The summed E-state index contributed by atoms with van der Waals surface area (Å²) < 4.78 is 0. The maximum Gasteiger partial charge on any atom is 0.0722 e. The van der Waals surface area contributed by atoms with E-state index >= 15 is 0 Å². The zero-order valence-corrected chi connectivity index (χ0v) is 31.4. The number of allylic oxidation sites excluding steroid dienone is 6. The van der Waals surface area contributed by atoms with Crippen LogP contribution in [0.25, 0.3) is 55.3 Å². The number of benzene rings is 4. The highest BCUT2D eigenvalue weighted by molar-refractivity contribution is 6.14. The third kappa shape index (κ3) is 6.84. The van der Waals surface area contributed by atoms with E-state index in [0.29, 0.717) is 12.5 Å². The Morgan fingerprint density at radius 2 is 1.46 bits per heavy atom. The third-order valence-electron chi connectivity index (χ3n) is 11.1. The van der Waals surface area contributed by atoms with Crippen molar-refractivity contribution in [2.75, 3.05) is 6.54 Å². The maximum absolute atomic E-state index is 5.27. The molecule has 0 saturated carbocycles. The molecular formula is C51H41N5. The van der Waals surface area contributed by atoms with E-state index in [1.54, 1.807) is 12.4 Å². The Bertz CT molecular complexity index is 2740. The van der Waals surface area contributed by atoms with E-state index in [1.165, 1.54) is 55.1 Å². The summed E-state index contributed by atoms with van der Waals surface area (Å²) in [6.07, 6.45) is 16.8. The minimum absolute atomic E-state index is 0.407. The van der Waals surface area contributed by atoms with Gasteiger partial charge in [0, 0.05) is 46.9 Å². The summed E-state index contributed by atoms with van der Waals surface area (Å²) in [5.41, 5.74) is 15.9. The first-order valence-corrected chi connectivity index (χ1v) is 19.3. The van der Waals surface area contributed by atoms with Gasteiger partial charge in [0.25, 0.3) is 0 Å². The fourth-order valence-electron chi connectivity index (χ4n) is 8.31. The van der Waals surface area contributed by atoms with Gasteiger partial charge in [-0.05, 0) is 124 Å². The lowest BCUT2D eigenvalue weighted by Gasteiger charge is -2.31. The Kier molecular flexibility index (Phi) is 9.65. The van der Waals surface area contributed by atoms with Crippen LogP contribution in [-0.2, 0) is 0 Å². The third-order valence-corrected chi connectivity index (χ3v) is 11.1. The van der Waals surface area contributed by atoms with Crippen molar-refractivity contribution in [3.05, 3.63) is 198 Å². The van der Waals surface area contributed by atoms with Crippen LogP contribution in [0.1, 0.15) is 42.9 Å². The van der Waals surface area contributed by atoms with E-state index < -0.39 is 0 Å². The number of hydrogen-bond acceptors (Lipinski definition) is 5. The van der Waals surface area contributed by atoms with Crippen LogP contribution in [0.15, 0.2) is 191 Å². The Balaban J connectivity index is 1.11. The highest BCUT2D eigenvalue weighted by Crippen LogP contribution is 2.44. The monoisotopic (exact) mass is 723 g/mol. The molecule has 9 rings (SSSR count). The lowest BCUT2D eigenvalue weighted by atomic mass is 9.74. The Morgan fingerprint density at radius 1 is 0.750 bits per heavy atom. The van der Waals surface area contributed by atoms with E-state index in [-0.39, 0.29) is 0 Å². The fraction of sp³-hybridized carbons (Fsp3) is 0.118. The Hall–Kier alpha value is -6.85. The molecule has 0 saturated heterocycles. The first-order valence-electron chi connectivity index (χ1n) is 19.3. The fourth-order valence-corrected chi connectivity index (χ4v) is 8.31. The van der Waals surface area contributed by atoms with Crippen LogP contribution in [0.4, 0.5) is 0 Å². The first-order chi connectivity index (χ1) is 27.6. The predicted molar refractivity (Wildman–Crippen MR) is 234 cm³/mol. The molecule has 0 radical (unpaired) electrons. The molecule has 0 spiro atoms. The van der Waals surface area contributed by atoms with Crippen LogP contribution in [0.3, 0.4) is 0 Å². The average molecular weight is 724 g/mol. The molecule has 0 N–H and O–H groups in total. The zero-order valence-electron chi connectivity index (χ0n) is 31.4. The Morgan fingerprint density at radius 3 is 2.23 bits per heavy atom. The number of aromatic nitrogens is 3. The molecule has 56 heavy (non-hydrogen) atoms. The summed E-state index contributed by atoms with van der Waals surface area (Å²) in [6.45, 7) is 6.84. The molecule has 5 heteroatoms. The molecule has 270 valence electrons. The maximum atomic E-state index is 5.27. The van der Waals surface area contributed by atoms with E-state index in [4.69, 9.17) is 9.98 Å². The molecule has 1 atom stereocenters. The summed E-state index contributed by atoms with van der Waals surface area (Å²) in [7, 11) is 0. The van der Waals surface area contributed by atoms with E-state index in [1.807, 2.05) is 42.7 Å². The van der Waals surface area contributed by atoms with Crippen molar-refractivity contribution >= 4 is 45.4 Å². The number of rotatable bonds is 9. The van der Waals surface area contributed by atoms with Gasteiger partial charge in [0.05, 0.1) is 29.2 Å². The molecule has 3 aromatic heterocycles. The topological polar surface area (TPSA) is 63.4 Å².